The molecule has 0 amide bonds. The minimum Gasteiger partial charge on any atom is -0.505 e. The molecule has 1 aromatic carbocycles. The third-order valence-electron chi connectivity index (χ3n) is 1.57. The Bertz CT molecular complexity index is 258. The Hall–Kier alpha value is -1.22. The van der Waals surface area contributed by atoms with E-state index < -0.39 is 0 Å². The number of anilines is 1. The normalized spacial score (nSPS) is 9.73. The molecule has 0 fully saturated rings. The predicted molar refractivity (Wildman–Crippen MR) is 43.0 cm³/mol. The second-order valence-electron chi connectivity index (χ2n) is 2.47. The van der Waals surface area contributed by atoms with Gasteiger partial charge in [-0.05, 0) is 18.6 Å². The number of rotatable bonds is 1. The molecule has 0 bridgehead atoms. The van der Waals surface area contributed by atoms with Crippen LogP contribution in [0.1, 0.15) is 5.56 Å². The quantitative estimate of drug-likeness (QED) is 0.601. The van der Waals surface area contributed by atoms with Crippen LogP contribution < -0.4 is 5.06 Å². The third-order valence-corrected chi connectivity index (χ3v) is 1.57. The van der Waals surface area contributed by atoms with E-state index in [4.69, 9.17) is 5.21 Å². The molecule has 0 saturated heterocycles. The van der Waals surface area contributed by atoms with Gasteiger partial charge in [0.2, 0.25) is 0 Å². The topological polar surface area (TPSA) is 43.7 Å². The lowest BCUT2D eigenvalue weighted by molar-refractivity contribution is 0.275. The van der Waals surface area contributed by atoms with Crippen molar-refractivity contribution in [1.29, 1.82) is 0 Å². The summed E-state index contributed by atoms with van der Waals surface area (Å²) in [6, 6.07) is 5.20. The van der Waals surface area contributed by atoms with Gasteiger partial charge in [0.1, 0.15) is 11.4 Å². The number of hydrogen-bond donors (Lipinski definition) is 2. The molecule has 1 aromatic rings. The van der Waals surface area contributed by atoms with Gasteiger partial charge in [-0.15, -0.1) is 0 Å². The SMILES string of the molecule is Cc1cccc(N(C)O)c1O. The van der Waals surface area contributed by atoms with E-state index in [2.05, 4.69) is 0 Å². The molecule has 0 atom stereocenters. The van der Waals surface area contributed by atoms with Crippen LogP contribution in [0.5, 0.6) is 5.75 Å². The Morgan fingerprint density at radius 1 is 1.36 bits per heavy atom. The van der Waals surface area contributed by atoms with Crippen LogP contribution in [0, 0.1) is 6.92 Å². The van der Waals surface area contributed by atoms with Crippen molar-refractivity contribution in [2.45, 2.75) is 6.92 Å². The molecular formula is C8H11NO2. The first-order chi connectivity index (χ1) is 5.13. The maximum atomic E-state index is 9.37. The average molecular weight is 153 g/mol. The number of para-hydroxylation sites is 1. The maximum Gasteiger partial charge on any atom is 0.144 e. The second-order valence-corrected chi connectivity index (χ2v) is 2.47. The van der Waals surface area contributed by atoms with Gasteiger partial charge in [-0.1, -0.05) is 12.1 Å². The summed E-state index contributed by atoms with van der Waals surface area (Å²) in [7, 11) is 1.47. The first kappa shape index (κ1) is 7.88. The lowest BCUT2D eigenvalue weighted by Gasteiger charge is -2.12. The van der Waals surface area contributed by atoms with Gasteiger partial charge in [0.15, 0.2) is 0 Å². The summed E-state index contributed by atoms with van der Waals surface area (Å²) in [6.07, 6.45) is 0. The molecule has 0 saturated carbocycles. The summed E-state index contributed by atoms with van der Waals surface area (Å²) in [6.45, 7) is 1.78. The van der Waals surface area contributed by atoms with Crippen molar-refractivity contribution in [3.05, 3.63) is 23.8 Å². The molecule has 60 valence electrons. The second kappa shape index (κ2) is 2.80. The monoisotopic (exact) mass is 153 g/mol. The molecular weight excluding hydrogens is 142 g/mol. The van der Waals surface area contributed by atoms with Crippen molar-refractivity contribution in [1.82, 2.24) is 0 Å². The number of nitrogens with zero attached hydrogens (tertiary/aromatic N) is 1. The van der Waals surface area contributed by atoms with E-state index in [1.807, 2.05) is 0 Å². The molecule has 0 aliphatic heterocycles. The van der Waals surface area contributed by atoms with Crippen LogP contribution in [0.3, 0.4) is 0 Å². The van der Waals surface area contributed by atoms with E-state index in [-0.39, 0.29) is 5.75 Å². The fraction of sp³-hybridized carbons (Fsp3) is 0.250. The lowest BCUT2D eigenvalue weighted by atomic mass is 10.2. The molecule has 1 rings (SSSR count). The van der Waals surface area contributed by atoms with Crippen LogP contribution in [0.4, 0.5) is 5.69 Å². The van der Waals surface area contributed by atoms with E-state index in [1.54, 1.807) is 25.1 Å². The van der Waals surface area contributed by atoms with E-state index in [9.17, 15) is 5.11 Å². The maximum absolute atomic E-state index is 9.37. The van der Waals surface area contributed by atoms with Crippen molar-refractivity contribution in [3.63, 3.8) is 0 Å². The van der Waals surface area contributed by atoms with E-state index >= 15 is 0 Å². The summed E-state index contributed by atoms with van der Waals surface area (Å²) in [5.41, 5.74) is 1.17. The molecule has 11 heavy (non-hydrogen) atoms. The van der Waals surface area contributed by atoms with Gasteiger partial charge in [-0.3, -0.25) is 10.3 Å². The number of hydroxylamine groups is 1. The molecule has 0 radical (unpaired) electrons. The van der Waals surface area contributed by atoms with Crippen molar-refractivity contribution in [2.24, 2.45) is 0 Å². The lowest BCUT2D eigenvalue weighted by Crippen LogP contribution is -2.09. The van der Waals surface area contributed by atoms with Crippen LogP contribution in [-0.4, -0.2) is 17.4 Å². The molecule has 0 unspecified atom stereocenters. The number of phenols is 1. The zero-order valence-corrected chi connectivity index (χ0v) is 6.57. The number of aryl methyl sites for hydroxylation is 1. The van der Waals surface area contributed by atoms with Gasteiger partial charge in [0.25, 0.3) is 0 Å². The molecule has 0 aliphatic carbocycles. The zero-order valence-electron chi connectivity index (χ0n) is 6.57. The Kier molecular flexibility index (Phi) is 2.01. The first-order valence-corrected chi connectivity index (χ1v) is 3.34. The third kappa shape index (κ3) is 1.43. The summed E-state index contributed by atoms with van der Waals surface area (Å²) in [5, 5.41) is 19.3. The largest absolute Gasteiger partial charge is 0.505 e. The standard InChI is InChI=1S/C8H11NO2/c1-6-4-3-5-7(8(6)10)9(2)11/h3-5,10-11H,1-2H3. The van der Waals surface area contributed by atoms with Gasteiger partial charge in [-0.2, -0.15) is 0 Å². The minimum atomic E-state index is 0.123. The Labute approximate surface area is 65.5 Å². The number of aromatic hydroxyl groups is 1. The molecule has 0 aliphatic rings. The van der Waals surface area contributed by atoms with Gasteiger partial charge >= 0.3 is 0 Å². The van der Waals surface area contributed by atoms with Crippen LogP contribution in [0.15, 0.2) is 18.2 Å². The molecule has 2 N–H and O–H groups in total. The molecule has 0 aromatic heterocycles. The highest BCUT2D eigenvalue weighted by Crippen LogP contribution is 2.27. The van der Waals surface area contributed by atoms with E-state index in [1.165, 1.54) is 7.05 Å². The van der Waals surface area contributed by atoms with Gasteiger partial charge < -0.3 is 5.11 Å². The summed E-state index contributed by atoms with van der Waals surface area (Å²) >= 11 is 0. The van der Waals surface area contributed by atoms with E-state index in [0.717, 1.165) is 10.6 Å². The number of hydrogen-bond acceptors (Lipinski definition) is 3. The Balaban J connectivity index is 3.17. The van der Waals surface area contributed by atoms with Crippen molar-refractivity contribution >= 4 is 5.69 Å². The summed E-state index contributed by atoms with van der Waals surface area (Å²) < 4.78 is 0. The summed E-state index contributed by atoms with van der Waals surface area (Å²) in [5.74, 6) is 0.123. The van der Waals surface area contributed by atoms with Crippen LogP contribution >= 0.6 is 0 Å². The fourth-order valence-corrected chi connectivity index (χ4v) is 0.905. The smallest absolute Gasteiger partial charge is 0.144 e. The molecule has 0 heterocycles. The van der Waals surface area contributed by atoms with Crippen molar-refractivity contribution in [2.75, 3.05) is 12.1 Å². The first-order valence-electron chi connectivity index (χ1n) is 3.34. The van der Waals surface area contributed by atoms with Crippen molar-refractivity contribution in [3.8, 4) is 5.75 Å². The highest BCUT2D eigenvalue weighted by atomic mass is 16.5. The fourth-order valence-electron chi connectivity index (χ4n) is 0.905. The molecule has 3 nitrogen and oxygen atoms in total. The van der Waals surface area contributed by atoms with Gasteiger partial charge in [0.05, 0.1) is 0 Å². The molecule has 0 spiro atoms. The van der Waals surface area contributed by atoms with Crippen LogP contribution in [-0.2, 0) is 0 Å². The number of benzene rings is 1. The molecule has 3 heteroatoms. The average Bonchev–Trinajstić information content (AvgIpc) is 1.94. The van der Waals surface area contributed by atoms with Crippen LogP contribution in [0.25, 0.3) is 0 Å². The van der Waals surface area contributed by atoms with E-state index in [0.29, 0.717) is 5.69 Å². The predicted octanol–water partition coefficient (Wildman–Crippen LogP) is 1.53. The Morgan fingerprint density at radius 2 is 2.00 bits per heavy atom. The van der Waals surface area contributed by atoms with Crippen LogP contribution in [0.2, 0.25) is 0 Å². The van der Waals surface area contributed by atoms with Crippen molar-refractivity contribution < 1.29 is 10.3 Å². The zero-order chi connectivity index (χ0) is 8.43. The Morgan fingerprint density at radius 3 is 2.45 bits per heavy atom. The minimum absolute atomic E-state index is 0.123. The van der Waals surface area contributed by atoms with Gasteiger partial charge in [-0.25, -0.2) is 0 Å². The number of phenolic OH excluding ortho intramolecular Hbond substituents is 1. The highest BCUT2D eigenvalue weighted by Gasteiger charge is 2.04. The summed E-state index contributed by atoms with van der Waals surface area (Å²) in [4.78, 5) is 0. The van der Waals surface area contributed by atoms with Gasteiger partial charge in [0, 0.05) is 7.05 Å². The highest BCUT2D eigenvalue weighted by molar-refractivity contribution is 5.58.